The number of hydrogen-bond donors (Lipinski definition) is 1. The number of carboxylic acids is 1. The van der Waals surface area contributed by atoms with E-state index in [4.69, 9.17) is 9.84 Å². The van der Waals surface area contributed by atoms with Crippen molar-refractivity contribution in [2.45, 2.75) is 26.9 Å². The maximum Gasteiger partial charge on any atom is 0.338 e. The third-order valence-corrected chi connectivity index (χ3v) is 1.78. The number of benzene rings is 1. The Balaban J connectivity index is 3.22. The van der Waals surface area contributed by atoms with E-state index in [1.165, 1.54) is 12.1 Å². The second kappa shape index (κ2) is 4.29. The minimum absolute atomic E-state index is 0.0117. The summed E-state index contributed by atoms with van der Waals surface area (Å²) in [6.45, 7) is 5.20. The zero-order valence-electron chi connectivity index (χ0n) is 8.87. The van der Waals surface area contributed by atoms with Gasteiger partial charge in [0.05, 0.1) is 11.7 Å². The number of halogens is 1. The Morgan fingerprint density at radius 2 is 2.07 bits per heavy atom. The van der Waals surface area contributed by atoms with Gasteiger partial charge in [0.25, 0.3) is 0 Å². The molecule has 0 fully saturated rings. The molecule has 0 amide bonds. The molecule has 1 N–H and O–H groups in total. The van der Waals surface area contributed by atoms with Crippen LogP contribution in [0.4, 0.5) is 4.39 Å². The first-order valence-electron chi connectivity index (χ1n) is 4.62. The first kappa shape index (κ1) is 11.5. The summed E-state index contributed by atoms with van der Waals surface area (Å²) < 4.78 is 18.7. The normalized spacial score (nSPS) is 10.5. The molecule has 0 heterocycles. The van der Waals surface area contributed by atoms with Crippen molar-refractivity contribution < 1.29 is 19.0 Å². The molecule has 0 aliphatic carbocycles. The molecular formula is C11H13FO3. The van der Waals surface area contributed by atoms with Crippen molar-refractivity contribution in [1.29, 1.82) is 0 Å². The summed E-state index contributed by atoms with van der Waals surface area (Å²) in [5.74, 6) is -2.12. The molecule has 15 heavy (non-hydrogen) atoms. The highest BCUT2D eigenvalue weighted by Gasteiger charge is 2.16. The van der Waals surface area contributed by atoms with Crippen LogP contribution >= 0.6 is 0 Å². The van der Waals surface area contributed by atoms with E-state index in [1.54, 1.807) is 20.8 Å². The number of carbonyl (C=O) groups is 1. The molecule has 0 atom stereocenters. The lowest BCUT2D eigenvalue weighted by Crippen LogP contribution is -2.10. The van der Waals surface area contributed by atoms with Crippen molar-refractivity contribution in [2.75, 3.05) is 0 Å². The molecular weight excluding hydrogens is 199 g/mol. The highest BCUT2D eigenvalue weighted by Crippen LogP contribution is 2.24. The third-order valence-electron chi connectivity index (χ3n) is 1.78. The summed E-state index contributed by atoms with van der Waals surface area (Å²) >= 11 is 0. The second-order valence-electron chi connectivity index (χ2n) is 3.60. The molecule has 1 aromatic rings. The number of ether oxygens (including phenoxy) is 1. The van der Waals surface area contributed by atoms with Gasteiger partial charge in [0, 0.05) is 0 Å². The van der Waals surface area contributed by atoms with Crippen LogP contribution in [0.15, 0.2) is 12.1 Å². The van der Waals surface area contributed by atoms with Gasteiger partial charge in [-0.1, -0.05) is 0 Å². The van der Waals surface area contributed by atoms with Crippen LogP contribution in [0, 0.1) is 12.7 Å². The van der Waals surface area contributed by atoms with Crippen LogP contribution < -0.4 is 4.74 Å². The molecule has 4 heteroatoms. The number of aryl methyl sites for hydroxylation is 1. The fourth-order valence-electron chi connectivity index (χ4n) is 1.23. The van der Waals surface area contributed by atoms with Gasteiger partial charge >= 0.3 is 5.97 Å². The minimum Gasteiger partial charge on any atom is -0.488 e. The fourth-order valence-corrected chi connectivity index (χ4v) is 1.23. The molecule has 1 aromatic carbocycles. The Kier molecular flexibility index (Phi) is 3.29. The van der Waals surface area contributed by atoms with Crippen LogP contribution in [-0.4, -0.2) is 17.2 Å². The number of rotatable bonds is 3. The van der Waals surface area contributed by atoms with E-state index in [9.17, 15) is 9.18 Å². The number of carboxylic acid groups (broad SMARTS) is 1. The van der Waals surface area contributed by atoms with E-state index in [2.05, 4.69) is 0 Å². The largest absolute Gasteiger partial charge is 0.488 e. The maximum atomic E-state index is 13.6. The summed E-state index contributed by atoms with van der Waals surface area (Å²) in [5, 5.41) is 8.75. The van der Waals surface area contributed by atoms with Crippen molar-refractivity contribution in [2.24, 2.45) is 0 Å². The van der Waals surface area contributed by atoms with E-state index in [1.807, 2.05) is 0 Å². The number of hydrogen-bond acceptors (Lipinski definition) is 2. The SMILES string of the molecule is Cc1cc(OC(C)C)c(F)c(C(=O)O)c1. The van der Waals surface area contributed by atoms with Crippen LogP contribution in [0.2, 0.25) is 0 Å². The Morgan fingerprint density at radius 3 is 2.53 bits per heavy atom. The van der Waals surface area contributed by atoms with Crippen molar-refractivity contribution >= 4 is 5.97 Å². The predicted octanol–water partition coefficient (Wildman–Crippen LogP) is 2.62. The van der Waals surface area contributed by atoms with Gasteiger partial charge in [-0.05, 0) is 38.5 Å². The van der Waals surface area contributed by atoms with Gasteiger partial charge in [-0.15, -0.1) is 0 Å². The zero-order chi connectivity index (χ0) is 11.6. The van der Waals surface area contributed by atoms with Crippen LogP contribution in [0.1, 0.15) is 29.8 Å². The second-order valence-corrected chi connectivity index (χ2v) is 3.60. The molecule has 0 saturated heterocycles. The predicted molar refractivity (Wildman–Crippen MR) is 53.9 cm³/mol. The molecule has 0 radical (unpaired) electrons. The van der Waals surface area contributed by atoms with Gasteiger partial charge < -0.3 is 9.84 Å². The molecule has 0 spiro atoms. The van der Waals surface area contributed by atoms with Crippen molar-refractivity contribution in [1.82, 2.24) is 0 Å². The Bertz CT molecular complexity index is 386. The molecule has 0 aromatic heterocycles. The van der Waals surface area contributed by atoms with Gasteiger partial charge in [0.2, 0.25) is 0 Å². The van der Waals surface area contributed by atoms with Crippen molar-refractivity contribution in [3.05, 3.63) is 29.1 Å². The Morgan fingerprint density at radius 1 is 1.47 bits per heavy atom. The first-order valence-corrected chi connectivity index (χ1v) is 4.62. The molecule has 0 aliphatic rings. The number of aromatic carboxylic acids is 1. The molecule has 1 rings (SSSR count). The quantitative estimate of drug-likeness (QED) is 0.837. The summed E-state index contributed by atoms with van der Waals surface area (Å²) in [5.41, 5.74) is 0.301. The van der Waals surface area contributed by atoms with Crippen LogP contribution in [-0.2, 0) is 0 Å². The summed E-state index contributed by atoms with van der Waals surface area (Å²) in [7, 11) is 0. The summed E-state index contributed by atoms with van der Waals surface area (Å²) in [4.78, 5) is 10.7. The standard InChI is InChI=1S/C11H13FO3/c1-6(2)15-9-5-7(3)4-8(10(9)12)11(13)14/h4-6H,1-3H3,(H,13,14). The van der Waals surface area contributed by atoms with Crippen LogP contribution in [0.25, 0.3) is 0 Å². The van der Waals surface area contributed by atoms with Crippen LogP contribution in [0.5, 0.6) is 5.75 Å². The van der Waals surface area contributed by atoms with Gasteiger partial charge in [-0.25, -0.2) is 9.18 Å². The van der Waals surface area contributed by atoms with Gasteiger partial charge in [-0.3, -0.25) is 0 Å². The molecule has 0 aliphatic heterocycles. The molecule has 0 bridgehead atoms. The topological polar surface area (TPSA) is 46.5 Å². The third kappa shape index (κ3) is 2.68. The lowest BCUT2D eigenvalue weighted by molar-refractivity contribution is 0.0690. The summed E-state index contributed by atoms with van der Waals surface area (Å²) in [6.07, 6.45) is -0.192. The van der Waals surface area contributed by atoms with Crippen molar-refractivity contribution in [3.63, 3.8) is 0 Å². The molecule has 3 nitrogen and oxygen atoms in total. The van der Waals surface area contributed by atoms with E-state index < -0.39 is 11.8 Å². The van der Waals surface area contributed by atoms with Gasteiger partial charge in [0.1, 0.15) is 0 Å². The monoisotopic (exact) mass is 212 g/mol. The van der Waals surface area contributed by atoms with Gasteiger partial charge in [0.15, 0.2) is 11.6 Å². The average molecular weight is 212 g/mol. The van der Waals surface area contributed by atoms with E-state index >= 15 is 0 Å². The zero-order valence-corrected chi connectivity index (χ0v) is 8.87. The molecule has 0 saturated carbocycles. The highest BCUT2D eigenvalue weighted by molar-refractivity contribution is 5.88. The Labute approximate surface area is 87.5 Å². The Hall–Kier alpha value is -1.58. The smallest absolute Gasteiger partial charge is 0.338 e. The van der Waals surface area contributed by atoms with Crippen molar-refractivity contribution in [3.8, 4) is 5.75 Å². The highest BCUT2D eigenvalue weighted by atomic mass is 19.1. The van der Waals surface area contributed by atoms with E-state index in [0.29, 0.717) is 5.56 Å². The van der Waals surface area contributed by atoms with Crippen LogP contribution in [0.3, 0.4) is 0 Å². The first-order chi connectivity index (χ1) is 6.91. The molecule has 82 valence electrons. The lowest BCUT2D eigenvalue weighted by atomic mass is 10.1. The minimum atomic E-state index is -1.29. The molecule has 0 unspecified atom stereocenters. The van der Waals surface area contributed by atoms with E-state index in [0.717, 1.165) is 0 Å². The summed E-state index contributed by atoms with van der Waals surface area (Å²) in [6, 6.07) is 2.77. The van der Waals surface area contributed by atoms with E-state index in [-0.39, 0.29) is 17.4 Å². The van der Waals surface area contributed by atoms with Gasteiger partial charge in [-0.2, -0.15) is 0 Å². The maximum absolute atomic E-state index is 13.6. The lowest BCUT2D eigenvalue weighted by Gasteiger charge is -2.12. The average Bonchev–Trinajstić information content (AvgIpc) is 2.09. The fraction of sp³-hybridized carbons (Fsp3) is 0.364.